The Morgan fingerprint density at radius 2 is 1.86 bits per heavy atom. The second-order valence-electron chi connectivity index (χ2n) is 6.40. The number of carbonyl (C=O) groups is 2. The molecule has 2 aromatic rings. The van der Waals surface area contributed by atoms with Crippen molar-refractivity contribution in [3.05, 3.63) is 60.4 Å². The number of thioether (sulfide) groups is 1. The van der Waals surface area contributed by atoms with Crippen LogP contribution in [-0.4, -0.2) is 48.3 Å². The number of para-hydroxylation sites is 1. The van der Waals surface area contributed by atoms with Crippen LogP contribution in [0.2, 0.25) is 0 Å². The molecule has 2 atom stereocenters. The number of methoxy groups -OCH3 is 1. The third-order valence-corrected chi connectivity index (χ3v) is 5.53. The van der Waals surface area contributed by atoms with Crippen LogP contribution in [0.1, 0.15) is 12.8 Å². The number of hydrogen-bond donors (Lipinski definition) is 0. The number of carbonyl (C=O) groups excluding carboxylic acids is 2. The zero-order valence-electron chi connectivity index (χ0n) is 15.5. The lowest BCUT2D eigenvalue weighted by Crippen LogP contribution is -2.41. The molecule has 148 valence electrons. The quantitative estimate of drug-likeness (QED) is 0.523. The minimum absolute atomic E-state index is 0.116. The Morgan fingerprint density at radius 1 is 1.14 bits per heavy atom. The average Bonchev–Trinajstić information content (AvgIpc) is 3.14. The van der Waals surface area contributed by atoms with Gasteiger partial charge in [-0.05, 0) is 24.3 Å². The Hall–Kier alpha value is -2.54. The lowest BCUT2D eigenvalue weighted by Gasteiger charge is -2.22. The van der Waals surface area contributed by atoms with Crippen molar-refractivity contribution in [2.24, 2.45) is 0 Å². The highest BCUT2D eigenvalue weighted by Crippen LogP contribution is 2.27. The van der Waals surface area contributed by atoms with Gasteiger partial charge in [0, 0.05) is 23.5 Å². The first kappa shape index (κ1) is 20.2. The highest BCUT2D eigenvalue weighted by atomic mass is 32.2. The van der Waals surface area contributed by atoms with Gasteiger partial charge in [0.05, 0.1) is 13.7 Å². The van der Waals surface area contributed by atoms with Crippen molar-refractivity contribution < 1.29 is 23.5 Å². The van der Waals surface area contributed by atoms with E-state index < -0.39 is 23.9 Å². The molecule has 0 aromatic heterocycles. The topological polar surface area (TPSA) is 55.8 Å². The molecule has 1 aliphatic rings. The molecule has 1 saturated heterocycles. The zero-order chi connectivity index (χ0) is 19.9. The second kappa shape index (κ2) is 9.59. The van der Waals surface area contributed by atoms with Crippen molar-refractivity contribution in [1.82, 2.24) is 4.90 Å². The minimum Gasteiger partial charge on any atom is -0.485 e. The van der Waals surface area contributed by atoms with E-state index in [1.807, 2.05) is 30.3 Å². The summed E-state index contributed by atoms with van der Waals surface area (Å²) in [6.07, 6.45) is 0.102. The monoisotopic (exact) mass is 403 g/mol. The van der Waals surface area contributed by atoms with Gasteiger partial charge in [-0.25, -0.2) is 9.18 Å². The van der Waals surface area contributed by atoms with Crippen molar-refractivity contribution >= 4 is 23.6 Å². The Labute approximate surface area is 167 Å². The number of hydrogen-bond acceptors (Lipinski definition) is 5. The largest absolute Gasteiger partial charge is 0.485 e. The van der Waals surface area contributed by atoms with Crippen molar-refractivity contribution in [2.75, 3.05) is 19.4 Å². The standard InChI is InChI=1S/C21H22FNO4S/c1-26-21(25)18-13-15(27-19-10-6-5-9-17(19)22)14-23(18)20(24)11-12-28-16-7-3-2-4-8-16/h2-10,15,18H,11-14H2,1H3/t15-,18+/m0/s1. The van der Waals surface area contributed by atoms with Gasteiger partial charge in [-0.3, -0.25) is 4.79 Å². The van der Waals surface area contributed by atoms with Crippen molar-refractivity contribution in [2.45, 2.75) is 29.9 Å². The summed E-state index contributed by atoms with van der Waals surface area (Å²) >= 11 is 1.58. The highest BCUT2D eigenvalue weighted by Gasteiger charge is 2.41. The number of likely N-dealkylation sites (tertiary alicyclic amines) is 1. The molecule has 0 spiro atoms. The van der Waals surface area contributed by atoms with Gasteiger partial charge in [-0.2, -0.15) is 0 Å². The summed E-state index contributed by atoms with van der Waals surface area (Å²) in [5.41, 5.74) is 0. The van der Waals surface area contributed by atoms with Crippen LogP contribution in [0.5, 0.6) is 5.75 Å². The van der Waals surface area contributed by atoms with Crippen LogP contribution in [-0.2, 0) is 14.3 Å². The number of ether oxygens (including phenoxy) is 2. The predicted octanol–water partition coefficient (Wildman–Crippen LogP) is 3.53. The molecule has 3 rings (SSSR count). The summed E-state index contributed by atoms with van der Waals surface area (Å²) in [7, 11) is 1.29. The van der Waals surface area contributed by atoms with Gasteiger partial charge in [-0.1, -0.05) is 30.3 Å². The third-order valence-electron chi connectivity index (χ3n) is 4.51. The molecule has 0 radical (unpaired) electrons. The van der Waals surface area contributed by atoms with Gasteiger partial charge >= 0.3 is 5.97 Å². The molecule has 1 heterocycles. The van der Waals surface area contributed by atoms with E-state index in [0.29, 0.717) is 12.2 Å². The predicted molar refractivity (Wildman–Crippen MR) is 105 cm³/mol. The van der Waals surface area contributed by atoms with Crippen LogP contribution >= 0.6 is 11.8 Å². The molecule has 1 fully saturated rings. The summed E-state index contributed by atoms with van der Waals surface area (Å²) < 4.78 is 24.4. The van der Waals surface area contributed by atoms with Gasteiger partial charge < -0.3 is 14.4 Å². The molecule has 28 heavy (non-hydrogen) atoms. The maximum atomic E-state index is 13.8. The number of halogens is 1. The van der Waals surface area contributed by atoms with Crippen molar-refractivity contribution in [3.8, 4) is 5.75 Å². The lowest BCUT2D eigenvalue weighted by atomic mass is 10.2. The Kier molecular flexibility index (Phi) is 6.92. The number of rotatable bonds is 7. The van der Waals surface area contributed by atoms with Gasteiger partial charge in [0.25, 0.3) is 0 Å². The zero-order valence-corrected chi connectivity index (χ0v) is 16.4. The second-order valence-corrected chi connectivity index (χ2v) is 7.57. The molecule has 1 amide bonds. The van der Waals surface area contributed by atoms with Crippen LogP contribution in [0.4, 0.5) is 4.39 Å². The van der Waals surface area contributed by atoms with E-state index >= 15 is 0 Å². The summed E-state index contributed by atoms with van der Waals surface area (Å²) in [4.78, 5) is 27.4. The van der Waals surface area contributed by atoms with Gasteiger partial charge in [0.15, 0.2) is 11.6 Å². The Bertz CT molecular complexity index is 817. The SMILES string of the molecule is COC(=O)[C@H]1C[C@H](Oc2ccccc2F)CN1C(=O)CCSc1ccccc1. The normalized spacial score (nSPS) is 18.7. The molecule has 0 saturated carbocycles. The Morgan fingerprint density at radius 3 is 2.57 bits per heavy atom. The molecule has 7 heteroatoms. The van der Waals surface area contributed by atoms with E-state index in [2.05, 4.69) is 0 Å². The van der Waals surface area contributed by atoms with E-state index in [4.69, 9.17) is 9.47 Å². The summed E-state index contributed by atoms with van der Waals surface area (Å²) in [5.74, 6) is -0.375. The van der Waals surface area contributed by atoms with Gasteiger partial charge in [0.2, 0.25) is 5.91 Å². The fourth-order valence-electron chi connectivity index (χ4n) is 3.15. The van der Waals surface area contributed by atoms with E-state index in [1.165, 1.54) is 24.1 Å². The first-order chi connectivity index (χ1) is 13.6. The fourth-order valence-corrected chi connectivity index (χ4v) is 4.02. The Balaban J connectivity index is 1.61. The lowest BCUT2D eigenvalue weighted by molar-refractivity contribution is -0.150. The maximum absolute atomic E-state index is 13.8. The smallest absolute Gasteiger partial charge is 0.328 e. The molecule has 0 unspecified atom stereocenters. The average molecular weight is 403 g/mol. The molecular formula is C21H22FNO4S. The maximum Gasteiger partial charge on any atom is 0.328 e. The van der Waals surface area contributed by atoms with E-state index in [1.54, 1.807) is 23.9 Å². The van der Waals surface area contributed by atoms with E-state index in [9.17, 15) is 14.0 Å². The van der Waals surface area contributed by atoms with Crippen LogP contribution < -0.4 is 4.74 Å². The van der Waals surface area contributed by atoms with Crippen LogP contribution in [0, 0.1) is 5.82 Å². The van der Waals surface area contributed by atoms with Gasteiger partial charge in [-0.15, -0.1) is 11.8 Å². The number of esters is 1. The minimum atomic E-state index is -0.712. The summed E-state index contributed by atoms with van der Waals surface area (Å²) in [5, 5.41) is 0. The summed E-state index contributed by atoms with van der Waals surface area (Å²) in [6, 6.07) is 15.2. The molecule has 2 aromatic carbocycles. The van der Waals surface area contributed by atoms with Crippen LogP contribution in [0.25, 0.3) is 0 Å². The first-order valence-electron chi connectivity index (χ1n) is 9.05. The van der Waals surface area contributed by atoms with Gasteiger partial charge in [0.1, 0.15) is 12.1 Å². The molecule has 1 aliphatic heterocycles. The summed E-state index contributed by atoms with van der Waals surface area (Å²) in [6.45, 7) is 0.225. The van der Waals surface area contributed by atoms with Crippen LogP contribution in [0.15, 0.2) is 59.5 Å². The van der Waals surface area contributed by atoms with E-state index in [0.717, 1.165) is 4.90 Å². The molecule has 0 bridgehead atoms. The fraction of sp³-hybridized carbons (Fsp3) is 0.333. The first-order valence-corrected chi connectivity index (χ1v) is 10.0. The molecule has 0 aliphatic carbocycles. The van der Waals surface area contributed by atoms with Crippen molar-refractivity contribution in [3.63, 3.8) is 0 Å². The molecular weight excluding hydrogens is 381 g/mol. The van der Waals surface area contributed by atoms with Crippen LogP contribution in [0.3, 0.4) is 0 Å². The van der Waals surface area contributed by atoms with Crippen molar-refractivity contribution in [1.29, 1.82) is 0 Å². The molecule has 0 N–H and O–H groups in total. The number of benzene rings is 2. The number of amides is 1. The third kappa shape index (κ3) is 5.04. The molecule has 5 nitrogen and oxygen atoms in total. The number of nitrogens with zero attached hydrogens (tertiary/aromatic N) is 1. The highest BCUT2D eigenvalue weighted by molar-refractivity contribution is 7.99. The van der Waals surface area contributed by atoms with E-state index in [-0.39, 0.29) is 24.6 Å².